The molecule has 0 bridgehead atoms. The van der Waals surface area contributed by atoms with Crippen molar-refractivity contribution in [3.05, 3.63) is 33.3 Å². The van der Waals surface area contributed by atoms with E-state index in [0.717, 1.165) is 24.9 Å². The summed E-state index contributed by atoms with van der Waals surface area (Å²) in [5.74, 6) is 0.455. The first kappa shape index (κ1) is 13.1. The molecular formula is C12H16ClN3O2. The van der Waals surface area contributed by atoms with Crippen molar-refractivity contribution in [1.82, 2.24) is 0 Å². The fourth-order valence-corrected chi connectivity index (χ4v) is 2.67. The fourth-order valence-electron chi connectivity index (χ4n) is 2.44. The first-order chi connectivity index (χ1) is 8.61. The smallest absolute Gasteiger partial charge is 0.271 e. The molecule has 2 atom stereocenters. The van der Waals surface area contributed by atoms with Crippen LogP contribution in [-0.4, -0.2) is 17.5 Å². The number of nitrogens with one attached hydrogen (secondary N) is 1. The Kier molecular flexibility index (Phi) is 4.04. The van der Waals surface area contributed by atoms with E-state index in [0.29, 0.717) is 23.5 Å². The molecule has 0 heterocycles. The zero-order valence-electron chi connectivity index (χ0n) is 9.93. The predicted octanol–water partition coefficient (Wildman–Crippen LogP) is 2.79. The van der Waals surface area contributed by atoms with Crippen LogP contribution in [0.5, 0.6) is 0 Å². The molecule has 2 unspecified atom stereocenters. The minimum Gasteiger partial charge on any atom is -0.381 e. The molecule has 0 spiro atoms. The summed E-state index contributed by atoms with van der Waals surface area (Å²) in [5, 5.41) is 14.3. The Balaban J connectivity index is 2.12. The average molecular weight is 270 g/mol. The van der Waals surface area contributed by atoms with E-state index in [1.807, 2.05) is 0 Å². The summed E-state index contributed by atoms with van der Waals surface area (Å²) < 4.78 is 0. The number of halogens is 1. The van der Waals surface area contributed by atoms with Crippen molar-refractivity contribution in [3.63, 3.8) is 0 Å². The molecule has 0 aromatic heterocycles. The lowest BCUT2D eigenvalue weighted by Crippen LogP contribution is -2.29. The molecule has 1 aliphatic rings. The first-order valence-corrected chi connectivity index (χ1v) is 6.40. The van der Waals surface area contributed by atoms with Gasteiger partial charge in [-0.1, -0.05) is 18.0 Å². The molecule has 0 radical (unpaired) electrons. The number of anilines is 1. The molecule has 6 heteroatoms. The fraction of sp³-hybridized carbons (Fsp3) is 0.500. The van der Waals surface area contributed by atoms with Crippen LogP contribution >= 0.6 is 11.6 Å². The molecule has 5 nitrogen and oxygen atoms in total. The van der Waals surface area contributed by atoms with Crippen molar-refractivity contribution >= 4 is 23.0 Å². The van der Waals surface area contributed by atoms with Crippen molar-refractivity contribution in [2.45, 2.75) is 25.3 Å². The van der Waals surface area contributed by atoms with Gasteiger partial charge in [-0.15, -0.1) is 0 Å². The molecule has 1 saturated carbocycles. The predicted molar refractivity (Wildman–Crippen MR) is 71.9 cm³/mol. The Bertz CT molecular complexity index is 453. The summed E-state index contributed by atoms with van der Waals surface area (Å²) in [6.45, 7) is 0.655. The first-order valence-electron chi connectivity index (χ1n) is 6.02. The third-order valence-electron chi connectivity index (χ3n) is 3.47. The van der Waals surface area contributed by atoms with Crippen LogP contribution in [0.2, 0.25) is 5.02 Å². The Morgan fingerprint density at radius 2 is 2.28 bits per heavy atom. The van der Waals surface area contributed by atoms with Crippen LogP contribution in [0.15, 0.2) is 18.2 Å². The topological polar surface area (TPSA) is 81.2 Å². The average Bonchev–Trinajstić information content (AvgIpc) is 2.78. The number of nitrogens with zero attached hydrogens (tertiary/aromatic N) is 1. The molecule has 3 N–H and O–H groups in total. The van der Waals surface area contributed by atoms with Gasteiger partial charge < -0.3 is 11.1 Å². The third-order valence-corrected chi connectivity index (χ3v) is 3.78. The molecule has 98 valence electrons. The lowest BCUT2D eigenvalue weighted by Gasteiger charge is -2.21. The number of nitrogens with two attached hydrogens (primary N) is 1. The van der Waals surface area contributed by atoms with Crippen molar-refractivity contribution < 1.29 is 4.92 Å². The summed E-state index contributed by atoms with van der Waals surface area (Å²) in [4.78, 5) is 10.2. The standard InChI is InChI=1S/C12H16ClN3O2/c13-10-6-9(16(17)18)4-5-12(10)15-11-3-1-2-8(11)7-14/h4-6,8,11,15H,1-3,7,14H2. The van der Waals surface area contributed by atoms with Gasteiger partial charge in [0.05, 0.1) is 15.6 Å². The van der Waals surface area contributed by atoms with E-state index < -0.39 is 4.92 Å². The van der Waals surface area contributed by atoms with Gasteiger partial charge in [0.1, 0.15) is 0 Å². The summed E-state index contributed by atoms with van der Waals surface area (Å²) in [6, 6.07) is 4.80. The third kappa shape index (κ3) is 2.73. The Labute approximate surface area is 110 Å². The highest BCUT2D eigenvalue weighted by Gasteiger charge is 2.26. The van der Waals surface area contributed by atoms with Gasteiger partial charge >= 0.3 is 0 Å². The molecule has 0 saturated heterocycles. The maximum absolute atomic E-state index is 10.6. The number of hydrogen-bond donors (Lipinski definition) is 2. The summed E-state index contributed by atoms with van der Waals surface area (Å²) >= 11 is 6.04. The van der Waals surface area contributed by atoms with Crippen LogP contribution < -0.4 is 11.1 Å². The van der Waals surface area contributed by atoms with Crippen molar-refractivity contribution in [1.29, 1.82) is 0 Å². The minimum absolute atomic E-state index is 0.00680. The van der Waals surface area contributed by atoms with Crippen molar-refractivity contribution in [2.75, 3.05) is 11.9 Å². The molecule has 18 heavy (non-hydrogen) atoms. The van der Waals surface area contributed by atoms with Crippen LogP contribution in [0.25, 0.3) is 0 Å². The highest BCUT2D eigenvalue weighted by Crippen LogP contribution is 2.32. The van der Waals surface area contributed by atoms with Crippen LogP contribution in [0.1, 0.15) is 19.3 Å². The van der Waals surface area contributed by atoms with Gasteiger partial charge in [0.25, 0.3) is 5.69 Å². The van der Waals surface area contributed by atoms with E-state index in [4.69, 9.17) is 17.3 Å². The molecular weight excluding hydrogens is 254 g/mol. The normalized spacial score (nSPS) is 23.0. The lowest BCUT2D eigenvalue weighted by molar-refractivity contribution is -0.384. The molecule has 1 aromatic carbocycles. The minimum atomic E-state index is -0.450. The Morgan fingerprint density at radius 3 is 2.89 bits per heavy atom. The Morgan fingerprint density at radius 1 is 1.50 bits per heavy atom. The summed E-state index contributed by atoms with van der Waals surface area (Å²) in [7, 11) is 0. The number of nitro groups is 1. The van der Waals surface area contributed by atoms with Gasteiger partial charge in [-0.05, 0) is 31.4 Å². The number of non-ortho nitro benzene ring substituents is 1. The van der Waals surface area contributed by atoms with Gasteiger partial charge in [-0.25, -0.2) is 0 Å². The van der Waals surface area contributed by atoms with E-state index in [1.165, 1.54) is 12.1 Å². The number of nitro benzene ring substituents is 1. The second-order valence-electron chi connectivity index (χ2n) is 4.60. The largest absolute Gasteiger partial charge is 0.381 e. The number of rotatable bonds is 4. The highest BCUT2D eigenvalue weighted by atomic mass is 35.5. The SMILES string of the molecule is NCC1CCCC1Nc1ccc([N+](=O)[O-])cc1Cl. The molecule has 2 rings (SSSR count). The summed E-state index contributed by atoms with van der Waals surface area (Å²) in [5.41, 5.74) is 6.47. The van der Waals surface area contributed by atoms with Gasteiger partial charge in [-0.3, -0.25) is 10.1 Å². The zero-order chi connectivity index (χ0) is 13.1. The zero-order valence-corrected chi connectivity index (χ0v) is 10.7. The molecule has 1 aromatic rings. The van der Waals surface area contributed by atoms with E-state index in [2.05, 4.69) is 5.32 Å². The van der Waals surface area contributed by atoms with Gasteiger partial charge in [0, 0.05) is 18.2 Å². The van der Waals surface area contributed by atoms with Crippen molar-refractivity contribution in [3.8, 4) is 0 Å². The quantitative estimate of drug-likeness (QED) is 0.650. The Hall–Kier alpha value is -1.33. The van der Waals surface area contributed by atoms with E-state index in [1.54, 1.807) is 6.07 Å². The maximum atomic E-state index is 10.6. The lowest BCUT2D eigenvalue weighted by atomic mass is 10.0. The van der Waals surface area contributed by atoms with E-state index in [-0.39, 0.29) is 5.69 Å². The van der Waals surface area contributed by atoms with Crippen LogP contribution in [-0.2, 0) is 0 Å². The van der Waals surface area contributed by atoms with Gasteiger partial charge in [0.15, 0.2) is 0 Å². The van der Waals surface area contributed by atoms with Crippen molar-refractivity contribution in [2.24, 2.45) is 11.7 Å². The molecule has 0 amide bonds. The maximum Gasteiger partial charge on any atom is 0.271 e. The van der Waals surface area contributed by atoms with E-state index >= 15 is 0 Å². The number of benzene rings is 1. The van der Waals surface area contributed by atoms with Crippen LogP contribution in [0.3, 0.4) is 0 Å². The van der Waals surface area contributed by atoms with Gasteiger partial charge in [0.2, 0.25) is 0 Å². The monoisotopic (exact) mass is 269 g/mol. The molecule has 1 fully saturated rings. The molecule has 1 aliphatic carbocycles. The highest BCUT2D eigenvalue weighted by molar-refractivity contribution is 6.33. The number of hydrogen-bond acceptors (Lipinski definition) is 4. The van der Waals surface area contributed by atoms with Crippen LogP contribution in [0.4, 0.5) is 11.4 Å². The second kappa shape index (κ2) is 5.54. The summed E-state index contributed by atoms with van der Waals surface area (Å²) in [6.07, 6.45) is 3.35. The van der Waals surface area contributed by atoms with E-state index in [9.17, 15) is 10.1 Å². The second-order valence-corrected chi connectivity index (χ2v) is 5.01. The van der Waals surface area contributed by atoms with Gasteiger partial charge in [-0.2, -0.15) is 0 Å². The molecule has 0 aliphatic heterocycles. The van der Waals surface area contributed by atoms with Crippen LogP contribution in [0, 0.1) is 16.0 Å².